The van der Waals surface area contributed by atoms with Gasteiger partial charge in [-0.1, -0.05) is 55.5 Å². The van der Waals surface area contributed by atoms with Crippen molar-refractivity contribution in [1.29, 1.82) is 0 Å². The third-order valence-corrected chi connectivity index (χ3v) is 7.21. The van der Waals surface area contributed by atoms with E-state index in [0.29, 0.717) is 17.9 Å². The summed E-state index contributed by atoms with van der Waals surface area (Å²) in [6.45, 7) is 4.55. The summed E-state index contributed by atoms with van der Waals surface area (Å²) in [4.78, 5) is 30.1. The van der Waals surface area contributed by atoms with Gasteiger partial charge in [0.05, 0.1) is 11.4 Å². The number of nitrogens with zero attached hydrogens (tertiary/aromatic N) is 3. The molecule has 0 spiro atoms. The van der Waals surface area contributed by atoms with Crippen LogP contribution in [0.3, 0.4) is 0 Å². The second-order valence-corrected chi connectivity index (χ2v) is 9.60. The van der Waals surface area contributed by atoms with Crippen LogP contribution in [0.25, 0.3) is 10.6 Å². The van der Waals surface area contributed by atoms with Gasteiger partial charge in [-0.15, -0.1) is 11.3 Å². The Bertz CT molecular complexity index is 1310. The minimum absolute atomic E-state index is 0.219. The normalized spacial score (nSPS) is 17.5. The number of carbonyl (C=O) groups is 2. The van der Waals surface area contributed by atoms with E-state index in [1.54, 1.807) is 20.9 Å². The fourth-order valence-corrected chi connectivity index (χ4v) is 5.06. The van der Waals surface area contributed by atoms with Crippen LogP contribution in [0.15, 0.2) is 78.2 Å². The van der Waals surface area contributed by atoms with Gasteiger partial charge in [0.25, 0.3) is 5.91 Å². The third kappa shape index (κ3) is 3.92. The Hall–Kier alpha value is -3.71. The van der Waals surface area contributed by atoms with E-state index in [1.807, 2.05) is 85.1 Å². The summed E-state index contributed by atoms with van der Waals surface area (Å²) in [7, 11) is 0. The fraction of sp³-hybridized carbons (Fsp3) is 0.222. The minimum atomic E-state index is -1.15. The molecule has 172 valence electrons. The Morgan fingerprint density at radius 1 is 1.06 bits per heavy atom. The maximum Gasteiger partial charge on any atom is 0.277 e. The van der Waals surface area contributed by atoms with Crippen molar-refractivity contribution in [2.45, 2.75) is 38.9 Å². The lowest BCUT2D eigenvalue weighted by molar-refractivity contribution is -0.126. The Labute approximate surface area is 202 Å². The van der Waals surface area contributed by atoms with Gasteiger partial charge >= 0.3 is 0 Å². The molecule has 0 unspecified atom stereocenters. The molecule has 7 heteroatoms. The van der Waals surface area contributed by atoms with Crippen LogP contribution < -0.4 is 10.2 Å². The number of anilines is 1. The molecule has 34 heavy (non-hydrogen) atoms. The summed E-state index contributed by atoms with van der Waals surface area (Å²) >= 11 is 1.57. The number of carbonyl (C=O) groups excluding carboxylic acids is 2. The summed E-state index contributed by atoms with van der Waals surface area (Å²) in [5.74, 6) is -0.453. The van der Waals surface area contributed by atoms with Gasteiger partial charge in [0, 0.05) is 12.2 Å². The van der Waals surface area contributed by atoms with Crippen molar-refractivity contribution in [1.82, 2.24) is 15.1 Å². The van der Waals surface area contributed by atoms with E-state index in [2.05, 4.69) is 12.2 Å². The number of thiophene rings is 1. The number of nitrogens with one attached hydrogen (secondary N) is 1. The van der Waals surface area contributed by atoms with Gasteiger partial charge in [0.15, 0.2) is 0 Å². The molecule has 0 saturated carbocycles. The highest BCUT2D eigenvalue weighted by Crippen LogP contribution is 2.35. The summed E-state index contributed by atoms with van der Waals surface area (Å²) in [6, 6.07) is 23.4. The van der Waals surface area contributed by atoms with Crippen molar-refractivity contribution in [3.63, 3.8) is 0 Å². The number of rotatable bonds is 6. The zero-order valence-corrected chi connectivity index (χ0v) is 20.0. The molecule has 2 amide bonds. The van der Waals surface area contributed by atoms with E-state index in [-0.39, 0.29) is 18.4 Å². The number of aromatic nitrogens is 2. The van der Waals surface area contributed by atoms with E-state index in [9.17, 15) is 9.59 Å². The van der Waals surface area contributed by atoms with Crippen LogP contribution in [0, 0.1) is 0 Å². The molecule has 1 aliphatic heterocycles. The maximum absolute atomic E-state index is 13.8. The topological polar surface area (TPSA) is 67.2 Å². The predicted octanol–water partition coefficient (Wildman–Crippen LogP) is 4.91. The monoisotopic (exact) mass is 470 g/mol. The fourth-order valence-electron chi connectivity index (χ4n) is 4.38. The minimum Gasteiger partial charge on any atom is -0.350 e. The average molecular weight is 471 g/mol. The second kappa shape index (κ2) is 8.91. The molecule has 2 aromatic carbocycles. The van der Waals surface area contributed by atoms with Gasteiger partial charge in [0.2, 0.25) is 5.91 Å². The lowest BCUT2D eigenvalue weighted by Gasteiger charge is -2.43. The van der Waals surface area contributed by atoms with Crippen molar-refractivity contribution in [3.8, 4) is 10.6 Å². The number of aryl methyl sites for hydroxylation is 1. The van der Waals surface area contributed by atoms with E-state index in [4.69, 9.17) is 5.10 Å². The van der Waals surface area contributed by atoms with Crippen LogP contribution >= 0.6 is 11.3 Å². The van der Waals surface area contributed by atoms with Crippen LogP contribution in [-0.2, 0) is 24.3 Å². The van der Waals surface area contributed by atoms with Crippen molar-refractivity contribution in [2.75, 3.05) is 4.90 Å². The molecular formula is C27H26N4O2S. The zero-order valence-electron chi connectivity index (χ0n) is 19.2. The Kier molecular flexibility index (Phi) is 5.79. The van der Waals surface area contributed by atoms with Gasteiger partial charge in [0.1, 0.15) is 16.9 Å². The molecule has 0 aliphatic carbocycles. The van der Waals surface area contributed by atoms with Crippen LogP contribution in [0.2, 0.25) is 0 Å². The van der Waals surface area contributed by atoms with Crippen LogP contribution in [0.4, 0.5) is 5.69 Å². The largest absolute Gasteiger partial charge is 0.350 e. The van der Waals surface area contributed by atoms with Gasteiger partial charge in [-0.05, 0) is 54.1 Å². The Morgan fingerprint density at radius 2 is 1.82 bits per heavy atom. The lowest BCUT2D eigenvalue weighted by Crippen LogP contribution is -2.64. The number of amides is 2. The molecule has 4 aromatic rings. The van der Waals surface area contributed by atoms with E-state index in [0.717, 1.165) is 22.6 Å². The van der Waals surface area contributed by atoms with E-state index in [1.165, 1.54) is 5.56 Å². The average Bonchev–Trinajstić information content (AvgIpc) is 3.54. The van der Waals surface area contributed by atoms with Crippen molar-refractivity contribution in [3.05, 3.63) is 95.0 Å². The van der Waals surface area contributed by atoms with Crippen molar-refractivity contribution >= 4 is 28.8 Å². The van der Waals surface area contributed by atoms with Gasteiger partial charge in [-0.3, -0.25) is 19.2 Å². The number of benzene rings is 2. The molecule has 2 aromatic heterocycles. The number of hydrogen-bond donors (Lipinski definition) is 1. The van der Waals surface area contributed by atoms with Crippen LogP contribution in [-0.4, -0.2) is 27.1 Å². The molecular weight excluding hydrogens is 444 g/mol. The SMILES string of the molecule is CCc1ccc(N2C(=O)c3cc(-c4cccs4)nn3C[C@]2(C)C(=O)NCc2ccccc2)cc1. The van der Waals surface area contributed by atoms with Crippen molar-refractivity contribution < 1.29 is 9.59 Å². The molecule has 0 fully saturated rings. The smallest absolute Gasteiger partial charge is 0.277 e. The summed E-state index contributed by atoms with van der Waals surface area (Å²) in [5, 5.41) is 9.72. The zero-order chi connectivity index (χ0) is 23.7. The van der Waals surface area contributed by atoms with Gasteiger partial charge < -0.3 is 5.32 Å². The second-order valence-electron chi connectivity index (χ2n) is 8.65. The molecule has 1 aliphatic rings. The van der Waals surface area contributed by atoms with E-state index < -0.39 is 5.54 Å². The summed E-state index contributed by atoms with van der Waals surface area (Å²) in [6.07, 6.45) is 0.903. The quantitative estimate of drug-likeness (QED) is 0.435. The molecule has 6 nitrogen and oxygen atoms in total. The highest BCUT2D eigenvalue weighted by Gasteiger charge is 2.48. The molecule has 5 rings (SSSR count). The van der Waals surface area contributed by atoms with Crippen LogP contribution in [0.1, 0.15) is 35.5 Å². The first-order valence-electron chi connectivity index (χ1n) is 11.4. The highest BCUT2D eigenvalue weighted by molar-refractivity contribution is 7.13. The Balaban J connectivity index is 1.54. The number of hydrogen-bond acceptors (Lipinski definition) is 4. The third-order valence-electron chi connectivity index (χ3n) is 6.31. The van der Waals surface area contributed by atoms with Crippen LogP contribution in [0.5, 0.6) is 0 Å². The first-order chi connectivity index (χ1) is 16.5. The molecule has 0 saturated heterocycles. The first-order valence-corrected chi connectivity index (χ1v) is 12.2. The highest BCUT2D eigenvalue weighted by atomic mass is 32.1. The van der Waals surface area contributed by atoms with Gasteiger partial charge in [-0.2, -0.15) is 5.10 Å². The predicted molar refractivity (Wildman–Crippen MR) is 135 cm³/mol. The molecule has 0 bridgehead atoms. The van der Waals surface area contributed by atoms with Crippen molar-refractivity contribution in [2.24, 2.45) is 0 Å². The van der Waals surface area contributed by atoms with E-state index >= 15 is 0 Å². The molecule has 3 heterocycles. The summed E-state index contributed by atoms with van der Waals surface area (Å²) in [5.41, 5.74) is 2.95. The first kappa shape index (κ1) is 22.1. The molecule has 1 atom stereocenters. The lowest BCUT2D eigenvalue weighted by atomic mass is 9.93. The Morgan fingerprint density at radius 3 is 2.50 bits per heavy atom. The standard InChI is InChI=1S/C27H26N4O2S/c1-3-19-11-13-21(14-12-19)31-25(32)23-16-22(24-10-7-15-34-24)29-30(23)18-27(31,2)26(33)28-17-20-8-5-4-6-9-20/h4-16H,3,17-18H2,1-2H3,(H,28,33)/t27-/m1/s1. The maximum atomic E-state index is 13.8. The summed E-state index contributed by atoms with van der Waals surface area (Å²) < 4.78 is 1.68. The molecule has 0 radical (unpaired) electrons. The number of fused-ring (bicyclic) bond motifs is 1. The molecule has 1 N–H and O–H groups in total. The van der Waals surface area contributed by atoms with Gasteiger partial charge in [-0.25, -0.2) is 0 Å².